The van der Waals surface area contributed by atoms with E-state index in [1.165, 1.54) is 12.8 Å². The van der Waals surface area contributed by atoms with Crippen LogP contribution in [0.5, 0.6) is 0 Å². The highest BCUT2D eigenvalue weighted by molar-refractivity contribution is 7.08. The lowest BCUT2D eigenvalue weighted by Crippen LogP contribution is -2.29. The number of carbonyl (C=O) groups is 1. The van der Waals surface area contributed by atoms with Gasteiger partial charge in [-0.2, -0.15) is 0 Å². The van der Waals surface area contributed by atoms with E-state index in [1.807, 2.05) is 22.3 Å². The van der Waals surface area contributed by atoms with Crippen molar-refractivity contribution in [2.24, 2.45) is 0 Å². The summed E-state index contributed by atoms with van der Waals surface area (Å²) in [7, 11) is 0. The van der Waals surface area contributed by atoms with E-state index in [0.29, 0.717) is 12.6 Å². The lowest BCUT2D eigenvalue weighted by Gasteiger charge is -2.08. The molecule has 0 aliphatic heterocycles. The van der Waals surface area contributed by atoms with Crippen molar-refractivity contribution in [1.82, 2.24) is 20.1 Å². The van der Waals surface area contributed by atoms with E-state index in [1.54, 1.807) is 17.7 Å². The first-order chi connectivity index (χ1) is 9.24. The van der Waals surface area contributed by atoms with Crippen LogP contribution in [0.25, 0.3) is 0 Å². The van der Waals surface area contributed by atoms with Gasteiger partial charge in [0.15, 0.2) is 5.82 Å². The van der Waals surface area contributed by atoms with Crippen molar-refractivity contribution in [3.8, 4) is 0 Å². The van der Waals surface area contributed by atoms with Crippen LogP contribution in [0.1, 0.15) is 30.3 Å². The van der Waals surface area contributed by atoms with Gasteiger partial charge in [0.1, 0.15) is 6.33 Å². The number of aryl methyl sites for hydroxylation is 1. The van der Waals surface area contributed by atoms with Gasteiger partial charge in [-0.05, 0) is 30.7 Å². The number of thiophene rings is 1. The zero-order valence-corrected chi connectivity index (χ0v) is 11.4. The van der Waals surface area contributed by atoms with Crippen molar-refractivity contribution in [1.29, 1.82) is 0 Å². The molecule has 2 aromatic rings. The Hall–Kier alpha value is -1.89. The van der Waals surface area contributed by atoms with E-state index >= 15 is 0 Å². The maximum atomic E-state index is 11.8. The molecular formula is C12H15N5OS. The predicted molar refractivity (Wildman–Crippen MR) is 73.2 cm³/mol. The van der Waals surface area contributed by atoms with Crippen molar-refractivity contribution < 1.29 is 4.79 Å². The largest absolute Gasteiger partial charge is 0.331 e. The maximum absolute atomic E-state index is 11.8. The first-order valence-corrected chi connectivity index (χ1v) is 7.14. The second-order valence-electron chi connectivity index (χ2n) is 4.66. The summed E-state index contributed by atoms with van der Waals surface area (Å²) < 4.78 is 2.04. The number of aromatic nitrogens is 3. The lowest BCUT2D eigenvalue weighted by atomic mass is 10.3. The molecule has 0 spiro atoms. The molecule has 0 aromatic carbocycles. The molecular weight excluding hydrogens is 262 g/mol. The van der Waals surface area contributed by atoms with Crippen LogP contribution < -0.4 is 10.6 Å². The van der Waals surface area contributed by atoms with Gasteiger partial charge in [-0.3, -0.25) is 0 Å². The maximum Gasteiger partial charge on any atom is 0.319 e. The molecule has 2 heterocycles. The number of rotatable bonds is 4. The Kier molecular flexibility index (Phi) is 3.20. The van der Waals surface area contributed by atoms with Crippen molar-refractivity contribution in [2.75, 3.05) is 5.32 Å². The Morgan fingerprint density at radius 2 is 2.37 bits per heavy atom. The minimum absolute atomic E-state index is 0.216. The molecule has 0 unspecified atom stereocenters. The Labute approximate surface area is 114 Å². The zero-order valence-electron chi connectivity index (χ0n) is 10.6. The fourth-order valence-electron chi connectivity index (χ4n) is 1.87. The van der Waals surface area contributed by atoms with Crippen LogP contribution in [0.4, 0.5) is 10.5 Å². The highest BCUT2D eigenvalue weighted by atomic mass is 32.1. The molecule has 2 aromatic heterocycles. The van der Waals surface area contributed by atoms with E-state index < -0.39 is 0 Å². The molecule has 1 saturated carbocycles. The van der Waals surface area contributed by atoms with E-state index in [0.717, 1.165) is 17.1 Å². The fourth-order valence-corrected chi connectivity index (χ4v) is 2.65. The molecule has 6 nitrogen and oxygen atoms in total. The average molecular weight is 277 g/mol. The van der Waals surface area contributed by atoms with Crippen LogP contribution in [0, 0.1) is 6.92 Å². The number of hydrogen-bond acceptors (Lipinski definition) is 4. The topological polar surface area (TPSA) is 71.8 Å². The van der Waals surface area contributed by atoms with Gasteiger partial charge in [0.2, 0.25) is 0 Å². The SMILES string of the molecule is Cc1cscc1NC(=O)NCc1nncn1C1CC1. The number of amides is 2. The summed E-state index contributed by atoms with van der Waals surface area (Å²) in [5.41, 5.74) is 1.92. The van der Waals surface area contributed by atoms with E-state index in [-0.39, 0.29) is 6.03 Å². The number of nitrogens with one attached hydrogen (secondary N) is 2. The quantitative estimate of drug-likeness (QED) is 0.900. The molecule has 19 heavy (non-hydrogen) atoms. The summed E-state index contributed by atoms with van der Waals surface area (Å²) in [6.07, 6.45) is 4.08. The summed E-state index contributed by atoms with van der Waals surface area (Å²) in [5.74, 6) is 0.805. The second kappa shape index (κ2) is 5.00. The molecule has 3 rings (SSSR count). The van der Waals surface area contributed by atoms with Gasteiger partial charge >= 0.3 is 6.03 Å². The first-order valence-electron chi connectivity index (χ1n) is 6.20. The Balaban J connectivity index is 1.55. The van der Waals surface area contributed by atoms with Gasteiger partial charge in [0.25, 0.3) is 0 Å². The third kappa shape index (κ3) is 2.76. The van der Waals surface area contributed by atoms with Gasteiger partial charge in [-0.15, -0.1) is 21.5 Å². The number of hydrogen-bond donors (Lipinski definition) is 2. The number of anilines is 1. The third-order valence-electron chi connectivity index (χ3n) is 3.10. The van der Waals surface area contributed by atoms with E-state index in [2.05, 4.69) is 20.8 Å². The van der Waals surface area contributed by atoms with Gasteiger partial charge in [0.05, 0.1) is 12.2 Å². The minimum atomic E-state index is -0.216. The molecule has 1 aliphatic carbocycles. The van der Waals surface area contributed by atoms with Crippen LogP contribution in [-0.2, 0) is 6.54 Å². The van der Waals surface area contributed by atoms with Crippen molar-refractivity contribution in [2.45, 2.75) is 32.4 Å². The summed E-state index contributed by atoms with van der Waals surface area (Å²) in [5, 5.41) is 17.5. The molecule has 2 N–H and O–H groups in total. The van der Waals surface area contributed by atoms with Crippen molar-refractivity contribution >= 4 is 23.1 Å². The second-order valence-corrected chi connectivity index (χ2v) is 5.41. The summed E-state index contributed by atoms with van der Waals surface area (Å²) >= 11 is 1.57. The standard InChI is InChI=1S/C12H15N5OS/c1-8-5-19-6-10(8)15-12(18)13-4-11-16-14-7-17(11)9-2-3-9/h5-7,9H,2-4H2,1H3,(H2,13,15,18). The summed E-state index contributed by atoms with van der Waals surface area (Å²) in [4.78, 5) is 11.8. The highest BCUT2D eigenvalue weighted by Crippen LogP contribution is 2.35. The van der Waals surface area contributed by atoms with Crippen LogP contribution in [0.15, 0.2) is 17.1 Å². The molecule has 0 saturated heterocycles. The fraction of sp³-hybridized carbons (Fsp3) is 0.417. The Bertz CT molecular complexity index is 586. The predicted octanol–water partition coefficient (Wildman–Crippen LogP) is 2.30. The van der Waals surface area contributed by atoms with E-state index in [4.69, 9.17) is 0 Å². The molecule has 1 aliphatic rings. The number of carbonyl (C=O) groups excluding carboxylic acids is 1. The number of urea groups is 1. The molecule has 7 heteroatoms. The Morgan fingerprint density at radius 1 is 1.53 bits per heavy atom. The van der Waals surface area contributed by atoms with Gasteiger partial charge in [-0.1, -0.05) is 0 Å². The van der Waals surface area contributed by atoms with Gasteiger partial charge < -0.3 is 15.2 Å². The van der Waals surface area contributed by atoms with Gasteiger partial charge in [-0.25, -0.2) is 4.79 Å². The number of nitrogens with zero attached hydrogens (tertiary/aromatic N) is 3. The smallest absolute Gasteiger partial charge is 0.319 e. The first kappa shape index (κ1) is 12.2. The summed E-state index contributed by atoms with van der Waals surface area (Å²) in [6.45, 7) is 2.36. The normalized spacial score (nSPS) is 14.4. The van der Waals surface area contributed by atoms with Crippen LogP contribution in [-0.4, -0.2) is 20.8 Å². The molecule has 1 fully saturated rings. The molecule has 2 amide bonds. The highest BCUT2D eigenvalue weighted by Gasteiger charge is 2.25. The lowest BCUT2D eigenvalue weighted by molar-refractivity contribution is 0.251. The summed E-state index contributed by atoms with van der Waals surface area (Å²) in [6, 6.07) is 0.306. The zero-order chi connectivity index (χ0) is 13.2. The monoisotopic (exact) mass is 277 g/mol. The Morgan fingerprint density at radius 3 is 3.05 bits per heavy atom. The van der Waals surface area contributed by atoms with Crippen LogP contribution in [0.3, 0.4) is 0 Å². The minimum Gasteiger partial charge on any atom is -0.331 e. The molecule has 0 radical (unpaired) electrons. The van der Waals surface area contributed by atoms with Crippen molar-refractivity contribution in [3.63, 3.8) is 0 Å². The van der Waals surface area contributed by atoms with Gasteiger partial charge in [0, 0.05) is 11.4 Å². The third-order valence-corrected chi connectivity index (χ3v) is 3.96. The van der Waals surface area contributed by atoms with Crippen LogP contribution >= 0.6 is 11.3 Å². The average Bonchev–Trinajstić information content (AvgIpc) is 3.00. The van der Waals surface area contributed by atoms with E-state index in [9.17, 15) is 4.79 Å². The molecule has 0 atom stereocenters. The molecule has 100 valence electrons. The van der Waals surface area contributed by atoms with Crippen molar-refractivity contribution in [3.05, 3.63) is 28.5 Å². The molecule has 0 bridgehead atoms. The van der Waals surface area contributed by atoms with Crippen LogP contribution in [0.2, 0.25) is 0 Å².